The Kier molecular flexibility index (Phi) is 7.00. The third-order valence-electron chi connectivity index (χ3n) is 5.52. The predicted molar refractivity (Wildman–Crippen MR) is 132 cm³/mol. The van der Waals surface area contributed by atoms with Gasteiger partial charge in [0.1, 0.15) is 0 Å². The molecule has 0 atom stereocenters. The second-order valence-corrected chi connectivity index (χ2v) is 11.7. The van der Waals surface area contributed by atoms with Crippen molar-refractivity contribution in [3.8, 4) is 22.8 Å². The van der Waals surface area contributed by atoms with Crippen LogP contribution in [0, 0.1) is 0 Å². The SMILES string of the molecule is COc1ccc(-c2csc(N3CCC(S(=O)(=O)c4ccc(Br)cc4Cl)CC3)n2)cc1OC. The molecule has 0 spiro atoms. The van der Waals surface area contributed by atoms with Gasteiger partial charge in [-0.3, -0.25) is 0 Å². The second-order valence-electron chi connectivity index (χ2n) is 7.39. The Morgan fingerprint density at radius 1 is 1.09 bits per heavy atom. The minimum atomic E-state index is -3.49. The van der Waals surface area contributed by atoms with Gasteiger partial charge in [0, 0.05) is 28.5 Å². The normalized spacial score (nSPS) is 15.1. The number of hydrogen-bond acceptors (Lipinski definition) is 7. The number of thiazole rings is 1. The maximum atomic E-state index is 13.1. The first-order valence-corrected chi connectivity index (χ1v) is 13.5. The zero-order chi connectivity index (χ0) is 22.9. The van der Waals surface area contributed by atoms with Crippen LogP contribution in [0.2, 0.25) is 5.02 Å². The molecule has 2 heterocycles. The molecule has 0 unspecified atom stereocenters. The highest BCUT2D eigenvalue weighted by Gasteiger charge is 2.33. The highest BCUT2D eigenvalue weighted by molar-refractivity contribution is 9.10. The Labute approximate surface area is 205 Å². The summed E-state index contributed by atoms with van der Waals surface area (Å²) in [5.41, 5.74) is 1.79. The quantitative estimate of drug-likeness (QED) is 0.388. The van der Waals surface area contributed by atoms with Gasteiger partial charge >= 0.3 is 0 Å². The van der Waals surface area contributed by atoms with Gasteiger partial charge in [0.2, 0.25) is 0 Å². The van der Waals surface area contributed by atoms with E-state index in [9.17, 15) is 8.42 Å². The first kappa shape index (κ1) is 23.4. The minimum absolute atomic E-state index is 0.200. The summed E-state index contributed by atoms with van der Waals surface area (Å²) in [5.74, 6) is 1.32. The van der Waals surface area contributed by atoms with E-state index < -0.39 is 15.1 Å². The molecular weight excluding hydrogens is 536 g/mol. The summed E-state index contributed by atoms with van der Waals surface area (Å²) in [6.07, 6.45) is 1.06. The summed E-state index contributed by atoms with van der Waals surface area (Å²) in [6, 6.07) is 10.6. The van der Waals surface area contributed by atoms with Gasteiger partial charge in [-0.1, -0.05) is 27.5 Å². The van der Waals surface area contributed by atoms with Crippen LogP contribution in [-0.4, -0.2) is 46.0 Å². The molecular formula is C22H22BrClN2O4S2. The lowest BCUT2D eigenvalue weighted by molar-refractivity contribution is 0.355. The summed E-state index contributed by atoms with van der Waals surface area (Å²) < 4.78 is 37.7. The van der Waals surface area contributed by atoms with E-state index in [4.69, 9.17) is 26.1 Å². The molecule has 170 valence electrons. The van der Waals surface area contributed by atoms with E-state index >= 15 is 0 Å². The monoisotopic (exact) mass is 556 g/mol. The summed E-state index contributed by atoms with van der Waals surface area (Å²) >= 11 is 11.1. The van der Waals surface area contributed by atoms with Crippen molar-refractivity contribution in [2.75, 3.05) is 32.2 Å². The fourth-order valence-electron chi connectivity index (χ4n) is 3.78. The molecule has 1 saturated heterocycles. The van der Waals surface area contributed by atoms with Crippen LogP contribution < -0.4 is 14.4 Å². The lowest BCUT2D eigenvalue weighted by Crippen LogP contribution is -2.39. The van der Waals surface area contributed by atoms with Gasteiger partial charge in [0.25, 0.3) is 0 Å². The van der Waals surface area contributed by atoms with Crippen LogP contribution in [0.4, 0.5) is 5.13 Å². The van der Waals surface area contributed by atoms with Gasteiger partial charge in [-0.05, 0) is 49.2 Å². The molecule has 10 heteroatoms. The van der Waals surface area contributed by atoms with Crippen molar-refractivity contribution >= 4 is 53.8 Å². The van der Waals surface area contributed by atoms with E-state index in [0.717, 1.165) is 20.9 Å². The number of ether oxygens (including phenoxy) is 2. The summed E-state index contributed by atoms with van der Waals surface area (Å²) in [4.78, 5) is 7.12. The Balaban J connectivity index is 1.47. The number of hydrogen-bond donors (Lipinski definition) is 0. The number of piperidine rings is 1. The van der Waals surface area contributed by atoms with E-state index in [1.165, 1.54) is 0 Å². The van der Waals surface area contributed by atoms with Crippen LogP contribution in [0.1, 0.15) is 12.8 Å². The average molecular weight is 558 g/mol. The second kappa shape index (κ2) is 9.59. The number of halogens is 2. The van der Waals surface area contributed by atoms with Gasteiger partial charge in [0.15, 0.2) is 26.5 Å². The standard InChI is InChI=1S/C22H22BrClN2O4S2/c1-29-19-5-3-14(11-20(19)30-2)18-13-31-22(25-18)26-9-7-16(8-10-26)32(27,28)21-6-4-15(23)12-17(21)24/h3-6,11-13,16H,7-10H2,1-2H3. The minimum Gasteiger partial charge on any atom is -0.493 e. The fraction of sp³-hybridized carbons (Fsp3) is 0.318. The van der Waals surface area contributed by atoms with Crippen molar-refractivity contribution in [3.05, 3.63) is 51.3 Å². The van der Waals surface area contributed by atoms with Crippen molar-refractivity contribution in [2.24, 2.45) is 0 Å². The van der Waals surface area contributed by atoms with E-state index in [2.05, 4.69) is 20.8 Å². The van der Waals surface area contributed by atoms with Crippen molar-refractivity contribution in [2.45, 2.75) is 23.0 Å². The van der Waals surface area contributed by atoms with Gasteiger partial charge in [-0.25, -0.2) is 13.4 Å². The molecule has 1 aromatic heterocycles. The van der Waals surface area contributed by atoms with Crippen molar-refractivity contribution in [1.82, 2.24) is 4.98 Å². The van der Waals surface area contributed by atoms with Gasteiger partial charge in [-0.2, -0.15) is 0 Å². The Morgan fingerprint density at radius 3 is 2.47 bits per heavy atom. The Morgan fingerprint density at radius 2 is 1.81 bits per heavy atom. The molecule has 0 bridgehead atoms. The van der Waals surface area contributed by atoms with Gasteiger partial charge < -0.3 is 14.4 Å². The van der Waals surface area contributed by atoms with Crippen LogP contribution in [0.25, 0.3) is 11.3 Å². The van der Waals surface area contributed by atoms with E-state index in [0.29, 0.717) is 37.4 Å². The van der Waals surface area contributed by atoms with Crippen LogP contribution in [0.15, 0.2) is 51.1 Å². The van der Waals surface area contributed by atoms with Crippen LogP contribution in [0.5, 0.6) is 11.5 Å². The fourth-order valence-corrected chi connectivity index (χ4v) is 7.44. The number of rotatable bonds is 6. The van der Waals surface area contributed by atoms with Crippen LogP contribution in [-0.2, 0) is 9.84 Å². The van der Waals surface area contributed by atoms with Crippen LogP contribution >= 0.6 is 38.9 Å². The first-order valence-electron chi connectivity index (χ1n) is 9.95. The maximum Gasteiger partial charge on any atom is 0.185 e. The molecule has 4 rings (SSSR count). The van der Waals surface area contributed by atoms with E-state index in [1.54, 1.807) is 43.8 Å². The third kappa shape index (κ3) is 4.62. The van der Waals surface area contributed by atoms with Crippen molar-refractivity contribution < 1.29 is 17.9 Å². The largest absolute Gasteiger partial charge is 0.493 e. The highest BCUT2D eigenvalue weighted by atomic mass is 79.9. The Hall–Kier alpha value is -1.81. The number of aromatic nitrogens is 1. The molecule has 0 amide bonds. The zero-order valence-corrected chi connectivity index (χ0v) is 21.5. The number of nitrogens with zero attached hydrogens (tertiary/aromatic N) is 2. The average Bonchev–Trinajstić information content (AvgIpc) is 3.28. The molecule has 3 aromatic rings. The highest BCUT2D eigenvalue weighted by Crippen LogP contribution is 2.36. The molecule has 0 aliphatic carbocycles. The topological polar surface area (TPSA) is 68.7 Å². The molecule has 6 nitrogen and oxygen atoms in total. The number of methoxy groups -OCH3 is 2. The van der Waals surface area contributed by atoms with E-state index in [1.807, 2.05) is 23.6 Å². The van der Waals surface area contributed by atoms with Gasteiger partial charge in [-0.15, -0.1) is 11.3 Å². The smallest absolute Gasteiger partial charge is 0.185 e. The predicted octanol–water partition coefficient (Wildman–Crippen LogP) is 5.69. The third-order valence-corrected chi connectivity index (χ3v) is 9.66. The van der Waals surface area contributed by atoms with Gasteiger partial charge in [0.05, 0.1) is 35.1 Å². The summed E-state index contributed by atoms with van der Waals surface area (Å²) in [7, 11) is -0.280. The van der Waals surface area contributed by atoms with Crippen LogP contribution in [0.3, 0.4) is 0 Å². The lowest BCUT2D eigenvalue weighted by Gasteiger charge is -2.31. The summed E-state index contributed by atoms with van der Waals surface area (Å²) in [5, 5.41) is 2.68. The van der Waals surface area contributed by atoms with Crippen molar-refractivity contribution in [1.29, 1.82) is 0 Å². The number of sulfone groups is 1. The zero-order valence-electron chi connectivity index (χ0n) is 17.5. The molecule has 0 radical (unpaired) electrons. The summed E-state index contributed by atoms with van der Waals surface area (Å²) in [6.45, 7) is 1.24. The molecule has 1 fully saturated rings. The van der Waals surface area contributed by atoms with E-state index in [-0.39, 0.29) is 9.92 Å². The molecule has 0 N–H and O–H groups in total. The molecule has 0 saturated carbocycles. The molecule has 32 heavy (non-hydrogen) atoms. The molecule has 1 aliphatic rings. The number of benzene rings is 2. The Bertz CT molecular complexity index is 1220. The lowest BCUT2D eigenvalue weighted by atomic mass is 10.1. The molecule has 1 aliphatic heterocycles. The first-order chi connectivity index (χ1) is 15.3. The molecule has 2 aromatic carbocycles. The maximum absolute atomic E-state index is 13.1. The number of anilines is 1. The van der Waals surface area contributed by atoms with Crippen molar-refractivity contribution in [3.63, 3.8) is 0 Å².